The molecule has 6 heteroatoms. The second-order valence-electron chi connectivity index (χ2n) is 5.00. The van der Waals surface area contributed by atoms with E-state index in [0.29, 0.717) is 11.8 Å². The molecule has 0 spiro atoms. The maximum atomic E-state index is 11.4. The summed E-state index contributed by atoms with van der Waals surface area (Å²) in [6, 6.07) is 4.62. The maximum Gasteiger partial charge on any atom is 0.151 e. The topological polar surface area (TPSA) is 49.4 Å². The number of rotatable bonds is 5. The van der Waals surface area contributed by atoms with Crippen LogP contribution >= 0.6 is 11.3 Å². The summed E-state index contributed by atoms with van der Waals surface area (Å²) >= 11 is 1.74. The van der Waals surface area contributed by atoms with E-state index in [0.717, 1.165) is 13.0 Å². The minimum atomic E-state index is -2.79. The van der Waals surface area contributed by atoms with Crippen LogP contribution in [0.1, 0.15) is 17.3 Å². The van der Waals surface area contributed by atoms with Crippen LogP contribution in [0.15, 0.2) is 17.5 Å². The van der Waals surface area contributed by atoms with Crippen molar-refractivity contribution in [1.82, 2.24) is 10.2 Å². The Bertz CT molecular complexity index is 468. The highest BCUT2D eigenvalue weighted by molar-refractivity contribution is 7.91. The molecule has 0 radical (unpaired) electrons. The normalized spacial score (nSPS) is 24.5. The second-order valence-corrected chi connectivity index (χ2v) is 8.21. The van der Waals surface area contributed by atoms with Gasteiger partial charge in [0.2, 0.25) is 0 Å². The lowest BCUT2D eigenvalue weighted by Crippen LogP contribution is -2.37. The fraction of sp³-hybridized carbons (Fsp3) is 0.667. The van der Waals surface area contributed by atoms with E-state index < -0.39 is 9.84 Å². The zero-order valence-corrected chi connectivity index (χ0v) is 12.4. The molecule has 1 aliphatic heterocycles. The highest BCUT2D eigenvalue weighted by Gasteiger charge is 2.28. The van der Waals surface area contributed by atoms with E-state index in [2.05, 4.69) is 41.8 Å². The Morgan fingerprint density at radius 3 is 2.83 bits per heavy atom. The van der Waals surface area contributed by atoms with E-state index in [1.165, 1.54) is 4.88 Å². The molecule has 18 heavy (non-hydrogen) atoms. The average molecular weight is 288 g/mol. The van der Waals surface area contributed by atoms with Crippen LogP contribution in [-0.4, -0.2) is 51.5 Å². The van der Waals surface area contributed by atoms with Crippen LogP contribution < -0.4 is 5.32 Å². The molecular weight excluding hydrogens is 268 g/mol. The van der Waals surface area contributed by atoms with E-state index in [9.17, 15) is 8.42 Å². The predicted octanol–water partition coefficient (Wildman–Crippen LogP) is 1.13. The summed E-state index contributed by atoms with van der Waals surface area (Å²) in [6.45, 7) is 0.799. The van der Waals surface area contributed by atoms with Crippen molar-refractivity contribution < 1.29 is 8.42 Å². The summed E-state index contributed by atoms with van der Waals surface area (Å²) in [5.41, 5.74) is 0. The summed E-state index contributed by atoms with van der Waals surface area (Å²) in [6.07, 6.45) is 0.743. The molecule has 4 nitrogen and oxygen atoms in total. The van der Waals surface area contributed by atoms with E-state index in [1.54, 1.807) is 11.3 Å². The number of sulfone groups is 1. The zero-order valence-electron chi connectivity index (χ0n) is 10.8. The van der Waals surface area contributed by atoms with Gasteiger partial charge in [0.1, 0.15) is 0 Å². The third-order valence-corrected chi connectivity index (χ3v) is 6.07. The first-order valence-corrected chi connectivity index (χ1v) is 8.82. The maximum absolute atomic E-state index is 11.4. The Morgan fingerprint density at radius 1 is 1.56 bits per heavy atom. The Labute approximate surface area is 113 Å². The minimum absolute atomic E-state index is 0.123. The molecule has 0 saturated carbocycles. The van der Waals surface area contributed by atoms with Gasteiger partial charge in [-0.3, -0.25) is 0 Å². The highest BCUT2D eigenvalue weighted by atomic mass is 32.2. The van der Waals surface area contributed by atoms with Crippen LogP contribution in [0.5, 0.6) is 0 Å². The highest BCUT2D eigenvalue weighted by Crippen LogP contribution is 2.23. The van der Waals surface area contributed by atoms with Gasteiger partial charge >= 0.3 is 0 Å². The van der Waals surface area contributed by atoms with Crippen LogP contribution in [0.25, 0.3) is 0 Å². The molecule has 0 amide bonds. The van der Waals surface area contributed by atoms with Crippen LogP contribution in [-0.2, 0) is 9.84 Å². The zero-order chi connectivity index (χ0) is 13.2. The molecule has 0 aromatic carbocycles. The summed E-state index contributed by atoms with van der Waals surface area (Å²) in [4.78, 5) is 3.48. The largest absolute Gasteiger partial charge is 0.311 e. The monoisotopic (exact) mass is 288 g/mol. The molecule has 2 unspecified atom stereocenters. The number of hydrogen-bond acceptors (Lipinski definition) is 5. The molecule has 2 atom stereocenters. The van der Waals surface area contributed by atoms with Crippen molar-refractivity contribution in [3.63, 3.8) is 0 Å². The van der Waals surface area contributed by atoms with Crippen molar-refractivity contribution in [2.24, 2.45) is 0 Å². The summed E-state index contributed by atoms with van der Waals surface area (Å²) < 4.78 is 22.8. The van der Waals surface area contributed by atoms with Crippen LogP contribution in [0.2, 0.25) is 0 Å². The molecule has 1 N–H and O–H groups in total. The lowest BCUT2D eigenvalue weighted by Gasteiger charge is -2.25. The molecular formula is C12H20N2O2S2. The van der Waals surface area contributed by atoms with Crippen LogP contribution in [0, 0.1) is 0 Å². The van der Waals surface area contributed by atoms with Gasteiger partial charge in [-0.05, 0) is 32.0 Å². The first-order valence-electron chi connectivity index (χ1n) is 6.11. The van der Waals surface area contributed by atoms with Crippen molar-refractivity contribution in [2.75, 3.05) is 32.1 Å². The third-order valence-electron chi connectivity index (χ3n) is 3.33. The molecule has 1 fully saturated rings. The first kappa shape index (κ1) is 14.0. The number of nitrogens with one attached hydrogen (secondary N) is 1. The third kappa shape index (κ3) is 3.54. The van der Waals surface area contributed by atoms with Gasteiger partial charge in [-0.1, -0.05) is 6.07 Å². The quantitative estimate of drug-likeness (QED) is 0.882. The Hall–Kier alpha value is -0.430. The molecule has 2 rings (SSSR count). The van der Waals surface area contributed by atoms with Gasteiger partial charge in [0.15, 0.2) is 9.84 Å². The second kappa shape index (κ2) is 5.69. The summed E-state index contributed by atoms with van der Waals surface area (Å²) in [5.74, 6) is 0.619. The molecule has 1 aromatic heterocycles. The Balaban J connectivity index is 1.91. The van der Waals surface area contributed by atoms with Gasteiger partial charge in [-0.2, -0.15) is 0 Å². The van der Waals surface area contributed by atoms with E-state index in [4.69, 9.17) is 0 Å². The van der Waals surface area contributed by atoms with Crippen molar-refractivity contribution in [3.8, 4) is 0 Å². The molecule has 0 aliphatic carbocycles. The van der Waals surface area contributed by atoms with E-state index in [1.807, 2.05) is 0 Å². The van der Waals surface area contributed by atoms with Crippen LogP contribution in [0.4, 0.5) is 0 Å². The number of hydrogen-bond donors (Lipinski definition) is 1. The fourth-order valence-electron chi connectivity index (χ4n) is 2.25. The molecule has 1 saturated heterocycles. The van der Waals surface area contributed by atoms with Gasteiger partial charge in [0, 0.05) is 17.5 Å². The Kier molecular flexibility index (Phi) is 4.42. The smallest absolute Gasteiger partial charge is 0.151 e. The predicted molar refractivity (Wildman–Crippen MR) is 75.8 cm³/mol. The van der Waals surface area contributed by atoms with Gasteiger partial charge < -0.3 is 10.2 Å². The van der Waals surface area contributed by atoms with Gasteiger partial charge in [0.05, 0.1) is 17.5 Å². The SMILES string of the molecule is CN(C)C(CNC1CCS(=O)(=O)C1)c1cccs1. The summed E-state index contributed by atoms with van der Waals surface area (Å²) in [7, 11) is 1.32. The fourth-order valence-corrected chi connectivity index (χ4v) is 4.88. The van der Waals surface area contributed by atoms with Crippen molar-refractivity contribution >= 4 is 21.2 Å². The van der Waals surface area contributed by atoms with E-state index >= 15 is 0 Å². The molecule has 1 aliphatic rings. The molecule has 2 heterocycles. The van der Waals surface area contributed by atoms with Gasteiger partial charge in [-0.25, -0.2) is 8.42 Å². The number of thiophene rings is 1. The van der Waals surface area contributed by atoms with Gasteiger partial charge in [0.25, 0.3) is 0 Å². The molecule has 102 valence electrons. The van der Waals surface area contributed by atoms with E-state index in [-0.39, 0.29) is 11.8 Å². The number of likely N-dealkylation sites (N-methyl/N-ethyl adjacent to an activating group) is 1. The van der Waals surface area contributed by atoms with Crippen LogP contribution in [0.3, 0.4) is 0 Å². The first-order chi connectivity index (χ1) is 8.48. The molecule has 1 aromatic rings. The van der Waals surface area contributed by atoms with Gasteiger partial charge in [-0.15, -0.1) is 11.3 Å². The van der Waals surface area contributed by atoms with Crippen molar-refractivity contribution in [3.05, 3.63) is 22.4 Å². The lowest BCUT2D eigenvalue weighted by molar-refractivity contribution is 0.285. The number of nitrogens with zero attached hydrogens (tertiary/aromatic N) is 1. The average Bonchev–Trinajstić information content (AvgIpc) is 2.88. The lowest BCUT2D eigenvalue weighted by atomic mass is 10.2. The summed E-state index contributed by atoms with van der Waals surface area (Å²) in [5, 5.41) is 5.47. The minimum Gasteiger partial charge on any atom is -0.311 e. The standard InChI is InChI=1S/C12H20N2O2S2/c1-14(2)11(12-4-3-6-17-12)8-13-10-5-7-18(15,16)9-10/h3-4,6,10-11,13H,5,7-9H2,1-2H3. The Morgan fingerprint density at radius 2 is 2.33 bits per heavy atom. The van der Waals surface area contributed by atoms with Crippen molar-refractivity contribution in [1.29, 1.82) is 0 Å². The molecule has 0 bridgehead atoms. The van der Waals surface area contributed by atoms with Crippen molar-refractivity contribution in [2.45, 2.75) is 18.5 Å².